The molecule has 10 heteroatoms. The Morgan fingerprint density at radius 2 is 1.83 bits per heavy atom. The quantitative estimate of drug-likeness (QED) is 0.193. The largest absolute Gasteiger partial charge is 0.350 e. The molecular formula is C25H20ClN5O4. The second kappa shape index (κ2) is 10.6. The van der Waals surface area contributed by atoms with Crippen molar-refractivity contribution in [2.24, 2.45) is 0 Å². The summed E-state index contributed by atoms with van der Waals surface area (Å²) in [6.07, 6.45) is 1.81. The maximum atomic E-state index is 13.0. The van der Waals surface area contributed by atoms with Gasteiger partial charge in [-0.2, -0.15) is 0 Å². The third kappa shape index (κ3) is 5.90. The number of fused-ring (bicyclic) bond motifs is 1. The lowest BCUT2D eigenvalue weighted by molar-refractivity contribution is -0.384. The number of H-pyrrole nitrogens is 1. The zero-order valence-electron chi connectivity index (χ0n) is 18.3. The first kappa shape index (κ1) is 23.7. The van der Waals surface area contributed by atoms with Crippen molar-refractivity contribution < 1.29 is 14.5 Å². The van der Waals surface area contributed by atoms with Crippen LogP contribution < -0.4 is 10.6 Å². The van der Waals surface area contributed by atoms with E-state index in [2.05, 4.69) is 20.6 Å². The number of imidazole rings is 1. The van der Waals surface area contributed by atoms with Crippen LogP contribution in [0.15, 0.2) is 78.5 Å². The topological polar surface area (TPSA) is 130 Å². The maximum Gasteiger partial charge on any atom is 0.270 e. The van der Waals surface area contributed by atoms with Gasteiger partial charge in [0.25, 0.3) is 17.5 Å². The molecule has 1 heterocycles. The van der Waals surface area contributed by atoms with Crippen LogP contribution in [0, 0.1) is 10.1 Å². The van der Waals surface area contributed by atoms with Crippen LogP contribution in [0.1, 0.15) is 21.7 Å². The summed E-state index contributed by atoms with van der Waals surface area (Å²) in [7, 11) is 0. The highest BCUT2D eigenvalue weighted by atomic mass is 35.5. The lowest BCUT2D eigenvalue weighted by Gasteiger charge is -2.12. The molecule has 0 saturated carbocycles. The summed E-state index contributed by atoms with van der Waals surface area (Å²) < 4.78 is 0. The van der Waals surface area contributed by atoms with E-state index in [1.165, 1.54) is 30.3 Å². The molecule has 1 aromatic heterocycles. The first-order valence-corrected chi connectivity index (χ1v) is 11.0. The summed E-state index contributed by atoms with van der Waals surface area (Å²) in [5.41, 5.74) is 2.07. The fourth-order valence-electron chi connectivity index (χ4n) is 3.40. The van der Waals surface area contributed by atoms with E-state index in [4.69, 9.17) is 11.6 Å². The number of non-ortho nitro benzene ring substituents is 1. The number of carbonyl (C=O) groups excluding carboxylic acids is 2. The molecule has 0 aliphatic carbocycles. The van der Waals surface area contributed by atoms with Crippen molar-refractivity contribution in [2.45, 2.75) is 6.42 Å². The molecule has 4 aromatic rings. The number of rotatable bonds is 8. The van der Waals surface area contributed by atoms with Gasteiger partial charge in [0.15, 0.2) is 0 Å². The Hall–Kier alpha value is -4.50. The van der Waals surface area contributed by atoms with Gasteiger partial charge in [0.1, 0.15) is 11.5 Å². The zero-order chi connectivity index (χ0) is 24.8. The van der Waals surface area contributed by atoms with E-state index in [-0.39, 0.29) is 28.5 Å². The number of para-hydroxylation sites is 2. The third-order valence-electron chi connectivity index (χ3n) is 5.09. The number of amides is 2. The molecule has 3 aromatic carbocycles. The first-order valence-electron chi connectivity index (χ1n) is 10.6. The monoisotopic (exact) mass is 489 g/mol. The van der Waals surface area contributed by atoms with Crippen molar-refractivity contribution in [3.05, 3.63) is 111 Å². The van der Waals surface area contributed by atoms with Crippen LogP contribution in [0.2, 0.25) is 5.02 Å². The van der Waals surface area contributed by atoms with Crippen molar-refractivity contribution in [1.82, 2.24) is 20.6 Å². The van der Waals surface area contributed by atoms with Crippen molar-refractivity contribution in [3.8, 4) is 0 Å². The average Bonchev–Trinajstić information content (AvgIpc) is 3.26. The smallest absolute Gasteiger partial charge is 0.270 e. The maximum absolute atomic E-state index is 13.0. The normalized spacial score (nSPS) is 11.3. The van der Waals surface area contributed by atoms with E-state index in [0.29, 0.717) is 17.8 Å². The number of nitrogens with one attached hydrogen (secondary N) is 3. The Morgan fingerprint density at radius 3 is 2.60 bits per heavy atom. The van der Waals surface area contributed by atoms with E-state index in [9.17, 15) is 19.7 Å². The van der Waals surface area contributed by atoms with E-state index >= 15 is 0 Å². The molecule has 3 N–H and O–H groups in total. The molecule has 0 unspecified atom stereocenters. The van der Waals surface area contributed by atoms with Crippen LogP contribution in [0.4, 0.5) is 5.69 Å². The fraction of sp³-hybridized carbons (Fsp3) is 0.0800. The minimum atomic E-state index is -0.584. The average molecular weight is 490 g/mol. The minimum absolute atomic E-state index is 0.0833. The third-order valence-corrected chi connectivity index (χ3v) is 5.42. The second-order valence-corrected chi connectivity index (χ2v) is 7.96. The number of benzene rings is 3. The number of nitrogens with zero attached hydrogens (tertiary/aromatic N) is 2. The van der Waals surface area contributed by atoms with Gasteiger partial charge in [0.05, 0.1) is 26.5 Å². The molecule has 0 aliphatic rings. The van der Waals surface area contributed by atoms with Gasteiger partial charge >= 0.3 is 0 Å². The first-order chi connectivity index (χ1) is 16.9. The Labute approximate surface area is 205 Å². The van der Waals surface area contributed by atoms with Gasteiger partial charge in [-0.15, -0.1) is 0 Å². The summed E-state index contributed by atoms with van der Waals surface area (Å²) in [4.78, 5) is 44.0. The molecular weight excluding hydrogens is 470 g/mol. The molecule has 0 bridgehead atoms. The van der Waals surface area contributed by atoms with Gasteiger partial charge in [-0.25, -0.2) is 4.98 Å². The predicted octanol–water partition coefficient (Wildman–Crippen LogP) is 4.25. The number of carbonyl (C=O) groups is 2. The standard InChI is InChI=1S/C25H20ClN5O4/c26-19-9-2-1-8-18(19)24(32)30-22(15-16-6-5-7-17(14-16)31(34)35)25(33)27-13-12-23-28-20-10-3-4-11-21(20)29-23/h1-11,14-15H,12-13H2,(H,27,33)(H,28,29)(H,30,32). The summed E-state index contributed by atoms with van der Waals surface area (Å²) in [5.74, 6) is -0.441. The molecule has 4 rings (SSSR count). The highest BCUT2D eigenvalue weighted by molar-refractivity contribution is 6.34. The number of nitro groups is 1. The van der Waals surface area contributed by atoms with Gasteiger partial charge in [-0.1, -0.05) is 48.0 Å². The number of hydrogen-bond donors (Lipinski definition) is 3. The number of halogens is 1. The van der Waals surface area contributed by atoms with Gasteiger partial charge in [-0.3, -0.25) is 19.7 Å². The van der Waals surface area contributed by atoms with Crippen LogP contribution in [-0.4, -0.2) is 33.3 Å². The molecule has 0 saturated heterocycles. The molecule has 0 atom stereocenters. The molecule has 0 aliphatic heterocycles. The molecule has 35 heavy (non-hydrogen) atoms. The lowest BCUT2D eigenvalue weighted by atomic mass is 10.1. The summed E-state index contributed by atoms with van der Waals surface area (Å²) >= 11 is 6.12. The van der Waals surface area contributed by atoms with Crippen LogP contribution in [0.25, 0.3) is 17.1 Å². The van der Waals surface area contributed by atoms with E-state index < -0.39 is 16.7 Å². The molecule has 9 nitrogen and oxygen atoms in total. The van der Waals surface area contributed by atoms with E-state index in [1.807, 2.05) is 24.3 Å². The number of nitro benzene ring substituents is 1. The predicted molar refractivity (Wildman–Crippen MR) is 133 cm³/mol. The highest BCUT2D eigenvalue weighted by Gasteiger charge is 2.17. The highest BCUT2D eigenvalue weighted by Crippen LogP contribution is 2.18. The summed E-state index contributed by atoms with van der Waals surface area (Å²) in [5, 5.41) is 16.7. The molecule has 0 radical (unpaired) electrons. The number of hydrogen-bond acceptors (Lipinski definition) is 5. The van der Waals surface area contributed by atoms with Crippen LogP contribution in [0.5, 0.6) is 0 Å². The van der Waals surface area contributed by atoms with Crippen LogP contribution in [-0.2, 0) is 11.2 Å². The van der Waals surface area contributed by atoms with E-state index in [0.717, 1.165) is 11.0 Å². The van der Waals surface area contributed by atoms with Crippen molar-refractivity contribution in [1.29, 1.82) is 0 Å². The van der Waals surface area contributed by atoms with E-state index in [1.54, 1.807) is 24.3 Å². The minimum Gasteiger partial charge on any atom is -0.350 e. The Morgan fingerprint density at radius 1 is 1.06 bits per heavy atom. The molecule has 0 fully saturated rings. The van der Waals surface area contributed by atoms with Crippen molar-refractivity contribution in [3.63, 3.8) is 0 Å². The Balaban J connectivity index is 1.53. The molecule has 0 spiro atoms. The number of aromatic amines is 1. The van der Waals surface area contributed by atoms with Crippen LogP contribution >= 0.6 is 11.6 Å². The summed E-state index contributed by atoms with van der Waals surface area (Å²) in [6, 6.07) is 19.8. The van der Waals surface area contributed by atoms with Gasteiger partial charge in [0.2, 0.25) is 0 Å². The van der Waals surface area contributed by atoms with Crippen LogP contribution in [0.3, 0.4) is 0 Å². The van der Waals surface area contributed by atoms with Gasteiger partial charge < -0.3 is 15.6 Å². The van der Waals surface area contributed by atoms with Gasteiger partial charge in [-0.05, 0) is 35.9 Å². The SMILES string of the molecule is O=C(NCCc1nc2ccccc2[nH]1)C(=Cc1cccc([N+](=O)[O-])c1)NC(=O)c1ccccc1Cl. The Bertz CT molecular complexity index is 1410. The Kier molecular flexibility index (Phi) is 7.18. The molecule has 176 valence electrons. The van der Waals surface area contributed by atoms with Crippen molar-refractivity contribution in [2.75, 3.05) is 6.54 Å². The van der Waals surface area contributed by atoms with Crippen molar-refractivity contribution >= 4 is 46.2 Å². The lowest BCUT2D eigenvalue weighted by Crippen LogP contribution is -2.36. The van der Waals surface area contributed by atoms with Gasteiger partial charge in [0, 0.05) is 25.1 Å². The zero-order valence-corrected chi connectivity index (χ0v) is 19.1. The molecule has 2 amide bonds. The fourth-order valence-corrected chi connectivity index (χ4v) is 3.62. The summed E-state index contributed by atoms with van der Waals surface area (Å²) in [6.45, 7) is 0.243. The second-order valence-electron chi connectivity index (χ2n) is 7.55. The number of aromatic nitrogens is 2.